The number of aliphatic hydroxyl groups is 1. The second kappa shape index (κ2) is 8.80. The molecule has 0 saturated carbocycles. The van der Waals surface area contributed by atoms with Gasteiger partial charge >= 0.3 is 0 Å². The van der Waals surface area contributed by atoms with E-state index in [1.54, 1.807) is 42.5 Å². The first-order valence-corrected chi connectivity index (χ1v) is 11.3. The quantitative estimate of drug-likeness (QED) is 0.441. The summed E-state index contributed by atoms with van der Waals surface area (Å²) in [7, 11) is 0. The van der Waals surface area contributed by atoms with Crippen LogP contribution in [0.15, 0.2) is 60.7 Å². The second-order valence-corrected chi connectivity index (χ2v) is 9.11. The number of ether oxygens (including phenoxy) is 2. The number of aliphatic hydroxyl groups excluding tert-OH is 1. The van der Waals surface area contributed by atoms with E-state index < -0.39 is 12.0 Å². The number of amides is 1. The summed E-state index contributed by atoms with van der Waals surface area (Å²) in [4.78, 5) is 15.9. The van der Waals surface area contributed by atoms with Crippen molar-refractivity contribution >= 4 is 27.5 Å². The first-order valence-electron chi connectivity index (χ1n) is 10.5. The van der Waals surface area contributed by atoms with Gasteiger partial charge in [-0.05, 0) is 54.4 Å². The van der Waals surface area contributed by atoms with Crippen LogP contribution >= 0.6 is 11.3 Å². The zero-order valence-electron chi connectivity index (χ0n) is 17.5. The van der Waals surface area contributed by atoms with E-state index in [4.69, 9.17) is 15.2 Å². The van der Waals surface area contributed by atoms with Crippen molar-refractivity contribution in [3.63, 3.8) is 0 Å². The highest BCUT2D eigenvalue weighted by Gasteiger charge is 2.30. The molecule has 0 bridgehead atoms. The van der Waals surface area contributed by atoms with Gasteiger partial charge < -0.3 is 20.3 Å². The molecule has 0 spiro atoms. The number of primary amides is 1. The Kier molecular flexibility index (Phi) is 5.70. The van der Waals surface area contributed by atoms with Crippen LogP contribution in [0.1, 0.15) is 32.6 Å². The minimum atomic E-state index is -0.750. The maximum Gasteiger partial charge on any atom is 0.248 e. The van der Waals surface area contributed by atoms with E-state index in [-0.39, 0.29) is 18.3 Å². The summed E-state index contributed by atoms with van der Waals surface area (Å²) in [5, 5.41) is 11.8. The fourth-order valence-corrected chi connectivity index (χ4v) is 4.86. The number of rotatable bonds is 6. The van der Waals surface area contributed by atoms with E-state index in [0.717, 1.165) is 15.3 Å². The molecule has 0 saturated heterocycles. The highest BCUT2D eigenvalue weighted by Crippen LogP contribution is 2.39. The molecule has 8 heteroatoms. The molecule has 1 amide bonds. The lowest BCUT2D eigenvalue weighted by Crippen LogP contribution is -2.27. The van der Waals surface area contributed by atoms with Gasteiger partial charge in [0.2, 0.25) is 5.91 Å². The summed E-state index contributed by atoms with van der Waals surface area (Å²) in [6.07, 6.45) is -0.213. The molecule has 2 atom stereocenters. The lowest BCUT2D eigenvalue weighted by Gasteiger charge is -2.30. The molecular weight excluding hydrogens is 443 g/mol. The van der Waals surface area contributed by atoms with Crippen LogP contribution < -0.4 is 15.2 Å². The van der Waals surface area contributed by atoms with E-state index >= 15 is 0 Å². The summed E-state index contributed by atoms with van der Waals surface area (Å²) in [5.41, 5.74) is 7.98. The van der Waals surface area contributed by atoms with Gasteiger partial charge in [0.05, 0.1) is 22.9 Å². The molecule has 1 aliphatic rings. The lowest BCUT2D eigenvalue weighted by molar-refractivity contribution is 0.0504. The Labute approximate surface area is 193 Å². The van der Waals surface area contributed by atoms with Crippen molar-refractivity contribution in [2.24, 2.45) is 11.7 Å². The average molecular weight is 465 g/mol. The number of carbonyl (C=O) groups excluding carboxylic acids is 1. The molecule has 0 fully saturated rings. The summed E-state index contributed by atoms with van der Waals surface area (Å²) in [6.45, 7) is 0.595. The topological polar surface area (TPSA) is 94.7 Å². The average Bonchev–Trinajstić information content (AvgIpc) is 3.22. The molecule has 2 heterocycles. The molecule has 5 rings (SSSR count). The zero-order valence-corrected chi connectivity index (χ0v) is 18.3. The van der Waals surface area contributed by atoms with Crippen molar-refractivity contribution in [2.75, 3.05) is 6.61 Å². The van der Waals surface area contributed by atoms with Gasteiger partial charge in [-0.2, -0.15) is 0 Å². The molecule has 1 aromatic heterocycles. The predicted octanol–water partition coefficient (Wildman–Crippen LogP) is 4.40. The number of benzene rings is 3. The van der Waals surface area contributed by atoms with Crippen LogP contribution in [0.5, 0.6) is 11.5 Å². The summed E-state index contributed by atoms with van der Waals surface area (Å²) in [5.74, 6) is 0.211. The van der Waals surface area contributed by atoms with E-state index in [1.165, 1.54) is 23.5 Å². The van der Waals surface area contributed by atoms with Gasteiger partial charge in [-0.25, -0.2) is 9.37 Å². The number of nitrogens with zero attached hydrogens (tertiary/aromatic N) is 1. The molecular formula is C25H21FN2O4S. The smallest absolute Gasteiger partial charge is 0.248 e. The molecule has 168 valence electrons. The van der Waals surface area contributed by atoms with E-state index in [9.17, 15) is 14.3 Å². The Morgan fingerprint density at radius 2 is 2.09 bits per heavy atom. The highest BCUT2D eigenvalue weighted by atomic mass is 32.1. The molecule has 3 N–H and O–H groups in total. The second-order valence-electron chi connectivity index (χ2n) is 7.99. The van der Waals surface area contributed by atoms with Crippen molar-refractivity contribution in [3.8, 4) is 11.5 Å². The van der Waals surface area contributed by atoms with Gasteiger partial charge in [0.25, 0.3) is 0 Å². The van der Waals surface area contributed by atoms with Gasteiger partial charge in [-0.15, -0.1) is 11.3 Å². The van der Waals surface area contributed by atoms with Crippen LogP contribution in [0.2, 0.25) is 0 Å². The molecule has 33 heavy (non-hydrogen) atoms. The summed E-state index contributed by atoms with van der Waals surface area (Å²) in [6, 6.07) is 17.0. The zero-order chi connectivity index (χ0) is 22.9. The minimum Gasteiger partial charge on any atom is -0.493 e. The van der Waals surface area contributed by atoms with Gasteiger partial charge in [0.1, 0.15) is 28.9 Å². The highest BCUT2D eigenvalue weighted by molar-refractivity contribution is 7.18. The van der Waals surface area contributed by atoms with Gasteiger partial charge in [0, 0.05) is 23.1 Å². The molecule has 3 aromatic carbocycles. The Morgan fingerprint density at radius 1 is 1.21 bits per heavy atom. The summed E-state index contributed by atoms with van der Waals surface area (Å²) < 4.78 is 26.1. The van der Waals surface area contributed by atoms with Crippen LogP contribution in [-0.2, 0) is 13.0 Å². The van der Waals surface area contributed by atoms with Crippen molar-refractivity contribution in [3.05, 3.63) is 88.2 Å². The molecule has 0 radical (unpaired) electrons. The third kappa shape index (κ3) is 4.53. The van der Waals surface area contributed by atoms with Crippen molar-refractivity contribution in [1.82, 2.24) is 4.98 Å². The Hall–Kier alpha value is -3.49. The van der Waals surface area contributed by atoms with Gasteiger partial charge in [-0.1, -0.05) is 12.1 Å². The predicted molar refractivity (Wildman–Crippen MR) is 123 cm³/mol. The minimum absolute atomic E-state index is 0.185. The SMILES string of the molecule is NC(=O)c1cccc(C[C@@H]2COc3ccc(OCc4nc5cc(F)ccc5s4)cc3[C@@H]2O)c1. The number of hydrogen-bond donors (Lipinski definition) is 2. The third-order valence-corrected chi connectivity index (χ3v) is 6.67. The molecule has 0 unspecified atom stereocenters. The van der Waals surface area contributed by atoms with Crippen molar-refractivity contribution in [1.29, 1.82) is 0 Å². The maximum absolute atomic E-state index is 13.4. The first-order chi connectivity index (χ1) is 16.0. The summed E-state index contributed by atoms with van der Waals surface area (Å²) >= 11 is 1.45. The third-order valence-electron chi connectivity index (χ3n) is 5.66. The number of hydrogen-bond acceptors (Lipinski definition) is 6. The Morgan fingerprint density at radius 3 is 2.94 bits per heavy atom. The van der Waals surface area contributed by atoms with E-state index in [1.807, 2.05) is 6.07 Å². The van der Waals surface area contributed by atoms with Crippen LogP contribution in [0, 0.1) is 11.7 Å². The molecule has 6 nitrogen and oxygen atoms in total. The first kappa shape index (κ1) is 21.4. The standard InChI is InChI=1S/C25H21FN2O4S/c26-17-4-7-22-20(10-17)28-23(33-22)13-31-18-5-6-21-19(11-18)24(29)16(12-32-21)9-14-2-1-3-15(8-14)25(27)30/h1-8,10-11,16,24,29H,9,12-13H2,(H2,27,30)/t16-,24-/m1/s1. The lowest BCUT2D eigenvalue weighted by atomic mass is 9.87. The largest absolute Gasteiger partial charge is 0.493 e. The fraction of sp³-hybridized carbons (Fsp3) is 0.200. The molecule has 4 aromatic rings. The van der Waals surface area contributed by atoms with Crippen molar-refractivity contribution < 1.29 is 23.8 Å². The van der Waals surface area contributed by atoms with Crippen LogP contribution in [0.4, 0.5) is 4.39 Å². The maximum atomic E-state index is 13.4. The fourth-order valence-electron chi connectivity index (χ4n) is 4.00. The van der Waals surface area contributed by atoms with E-state index in [2.05, 4.69) is 4.98 Å². The van der Waals surface area contributed by atoms with Crippen molar-refractivity contribution in [2.45, 2.75) is 19.1 Å². The number of nitrogens with two attached hydrogens (primary N) is 1. The van der Waals surface area contributed by atoms with Gasteiger partial charge in [-0.3, -0.25) is 4.79 Å². The Balaban J connectivity index is 1.30. The molecule has 0 aliphatic carbocycles. The Bertz CT molecular complexity index is 1340. The van der Waals surface area contributed by atoms with Crippen LogP contribution in [-0.4, -0.2) is 22.6 Å². The number of fused-ring (bicyclic) bond motifs is 2. The van der Waals surface area contributed by atoms with Crippen LogP contribution in [0.25, 0.3) is 10.2 Å². The normalized spacial score (nSPS) is 17.4. The van der Waals surface area contributed by atoms with Gasteiger partial charge in [0.15, 0.2) is 0 Å². The van der Waals surface area contributed by atoms with Crippen LogP contribution in [0.3, 0.4) is 0 Å². The monoisotopic (exact) mass is 464 g/mol. The number of halogens is 1. The van der Waals surface area contributed by atoms with E-state index in [0.29, 0.717) is 41.2 Å². The molecule has 1 aliphatic heterocycles. The number of aromatic nitrogens is 1. The number of carbonyl (C=O) groups is 1. The number of thiazole rings is 1.